The molecule has 0 aliphatic heterocycles. The van der Waals surface area contributed by atoms with Gasteiger partial charge in [0.2, 0.25) is 0 Å². The van der Waals surface area contributed by atoms with Crippen LogP contribution in [0.15, 0.2) is 174 Å². The van der Waals surface area contributed by atoms with Gasteiger partial charge < -0.3 is 9.32 Å². The van der Waals surface area contributed by atoms with Crippen LogP contribution in [0.1, 0.15) is 51.3 Å². The second-order valence-electron chi connectivity index (χ2n) is 16.5. The molecule has 1 aromatic heterocycles. The van der Waals surface area contributed by atoms with Gasteiger partial charge in [0.15, 0.2) is 0 Å². The Balaban J connectivity index is 1.18. The molecule has 55 heavy (non-hydrogen) atoms. The summed E-state index contributed by atoms with van der Waals surface area (Å²) in [6.07, 6.45) is 0. The van der Waals surface area contributed by atoms with Crippen LogP contribution >= 0.6 is 0 Å². The molecular weight excluding hydrogens is 667 g/mol. The lowest BCUT2D eigenvalue weighted by Gasteiger charge is -2.30. The Hall–Kier alpha value is -6.38. The monoisotopic (exact) mass is 709 g/mol. The van der Waals surface area contributed by atoms with E-state index in [1.54, 1.807) is 0 Å². The quantitative estimate of drug-likeness (QED) is 0.177. The number of rotatable bonds is 5. The fraction of sp³-hybridized carbons (Fsp3) is 0.132. The molecule has 10 rings (SSSR count). The molecule has 0 N–H and O–H groups in total. The molecule has 2 nitrogen and oxygen atoms in total. The van der Waals surface area contributed by atoms with E-state index in [1.807, 2.05) is 12.1 Å². The van der Waals surface area contributed by atoms with E-state index < -0.39 is 0 Å². The van der Waals surface area contributed by atoms with Crippen molar-refractivity contribution < 1.29 is 4.42 Å². The number of anilines is 3. The number of fused-ring (bicyclic) bond motifs is 7. The molecule has 266 valence electrons. The fourth-order valence-electron chi connectivity index (χ4n) is 8.99. The summed E-state index contributed by atoms with van der Waals surface area (Å²) in [6.45, 7) is 11.7. The molecule has 0 radical (unpaired) electrons. The smallest absolute Gasteiger partial charge is 0.136 e. The van der Waals surface area contributed by atoms with Gasteiger partial charge in [0.25, 0.3) is 0 Å². The fourth-order valence-corrected chi connectivity index (χ4v) is 8.99. The number of nitrogens with zero attached hydrogens (tertiary/aromatic N) is 1. The minimum atomic E-state index is -0.120. The molecular formula is C53H43NO. The molecule has 2 heteroatoms. The Morgan fingerprint density at radius 1 is 0.491 bits per heavy atom. The highest BCUT2D eigenvalue weighted by molar-refractivity contribution is 6.12. The van der Waals surface area contributed by atoms with Crippen LogP contribution in [0.4, 0.5) is 17.1 Å². The minimum absolute atomic E-state index is 0.0721. The highest BCUT2D eigenvalue weighted by Gasteiger charge is 2.38. The maximum Gasteiger partial charge on any atom is 0.136 e. The maximum atomic E-state index is 6.27. The summed E-state index contributed by atoms with van der Waals surface area (Å²) in [5.74, 6) is 0. The van der Waals surface area contributed by atoms with Crippen LogP contribution in [0, 0.1) is 0 Å². The lowest BCUT2D eigenvalue weighted by molar-refractivity contribution is 0.584. The molecule has 1 heterocycles. The number of hydrogen-bond donors (Lipinski definition) is 0. The summed E-state index contributed by atoms with van der Waals surface area (Å²) in [4.78, 5) is 2.46. The Morgan fingerprint density at radius 2 is 1.13 bits per heavy atom. The molecule has 1 aliphatic rings. The highest BCUT2D eigenvalue weighted by Crippen LogP contribution is 2.55. The van der Waals surface area contributed by atoms with Crippen molar-refractivity contribution in [1.82, 2.24) is 0 Å². The minimum Gasteiger partial charge on any atom is -0.456 e. The molecule has 0 atom stereocenters. The van der Waals surface area contributed by atoms with Gasteiger partial charge in [-0.25, -0.2) is 0 Å². The number of furan rings is 1. The first kappa shape index (κ1) is 33.2. The number of benzene rings is 8. The van der Waals surface area contributed by atoms with Crippen LogP contribution in [0.2, 0.25) is 0 Å². The van der Waals surface area contributed by atoms with Crippen molar-refractivity contribution in [2.24, 2.45) is 0 Å². The maximum absolute atomic E-state index is 6.27. The van der Waals surface area contributed by atoms with Crippen molar-refractivity contribution in [3.63, 3.8) is 0 Å². The summed E-state index contributed by atoms with van der Waals surface area (Å²) in [6, 6.07) is 62.1. The van der Waals surface area contributed by atoms with E-state index in [9.17, 15) is 0 Å². The third-order valence-electron chi connectivity index (χ3n) is 11.8. The van der Waals surface area contributed by atoms with Gasteiger partial charge in [-0.3, -0.25) is 0 Å². The summed E-state index contributed by atoms with van der Waals surface area (Å²) in [7, 11) is 0. The zero-order valence-electron chi connectivity index (χ0n) is 32.0. The molecule has 1 aliphatic carbocycles. The molecule has 0 fully saturated rings. The third kappa shape index (κ3) is 5.23. The van der Waals surface area contributed by atoms with E-state index in [0.717, 1.165) is 44.6 Å². The Labute approximate surface area is 323 Å². The van der Waals surface area contributed by atoms with Crippen LogP contribution in [0.5, 0.6) is 0 Å². The average Bonchev–Trinajstić information content (AvgIpc) is 3.70. The molecule has 0 spiro atoms. The standard InChI is InChI=1S/C53H43NO/c1-52(2,3)36-29-32-42-45(33-36)53(4,5)44-22-13-21-41(50(42)44)40-18-8-10-23-47(40)54(46-24-12-16-34-15-6-7-17-38(34)46)37-30-27-35(28-31-37)39-20-14-26-49-51(39)43-19-9-11-25-48(43)55-49/h6-33H,1-5H3. The van der Waals surface area contributed by atoms with Crippen LogP contribution in [-0.4, -0.2) is 0 Å². The molecule has 0 saturated heterocycles. The predicted octanol–water partition coefficient (Wildman–Crippen LogP) is 15.1. The number of para-hydroxylation sites is 2. The molecule has 0 unspecified atom stereocenters. The van der Waals surface area contributed by atoms with Gasteiger partial charge in [0.05, 0.1) is 11.4 Å². The second-order valence-corrected chi connectivity index (χ2v) is 16.5. The van der Waals surface area contributed by atoms with Crippen molar-refractivity contribution in [1.29, 1.82) is 0 Å². The summed E-state index contributed by atoms with van der Waals surface area (Å²) < 4.78 is 6.27. The van der Waals surface area contributed by atoms with Crippen molar-refractivity contribution in [3.05, 3.63) is 187 Å². The predicted molar refractivity (Wildman–Crippen MR) is 233 cm³/mol. The normalized spacial score (nSPS) is 13.3. The van der Waals surface area contributed by atoms with Gasteiger partial charge in [-0.15, -0.1) is 0 Å². The average molecular weight is 710 g/mol. The lowest BCUT2D eigenvalue weighted by Crippen LogP contribution is -2.17. The Bertz CT molecular complexity index is 2930. The first-order valence-electron chi connectivity index (χ1n) is 19.4. The van der Waals surface area contributed by atoms with Crippen LogP contribution in [0.3, 0.4) is 0 Å². The van der Waals surface area contributed by atoms with Crippen molar-refractivity contribution in [2.75, 3.05) is 4.90 Å². The van der Waals surface area contributed by atoms with Gasteiger partial charge in [0, 0.05) is 32.8 Å². The molecule has 8 aromatic carbocycles. The van der Waals surface area contributed by atoms with Gasteiger partial charge in [-0.1, -0.05) is 168 Å². The van der Waals surface area contributed by atoms with E-state index in [2.05, 4.69) is 197 Å². The molecule has 0 amide bonds. The van der Waals surface area contributed by atoms with E-state index in [-0.39, 0.29) is 10.8 Å². The van der Waals surface area contributed by atoms with Crippen molar-refractivity contribution in [3.8, 4) is 33.4 Å². The molecule has 0 saturated carbocycles. The summed E-state index contributed by atoms with van der Waals surface area (Å²) in [5.41, 5.74) is 16.8. The Kier molecular flexibility index (Phi) is 7.44. The molecule has 0 bridgehead atoms. The molecule has 9 aromatic rings. The summed E-state index contributed by atoms with van der Waals surface area (Å²) in [5, 5.41) is 4.71. The zero-order valence-corrected chi connectivity index (χ0v) is 32.0. The van der Waals surface area contributed by atoms with Gasteiger partial charge in [-0.05, 0) is 91.7 Å². The van der Waals surface area contributed by atoms with Crippen LogP contribution < -0.4 is 4.90 Å². The van der Waals surface area contributed by atoms with Crippen molar-refractivity contribution >= 4 is 49.8 Å². The first-order valence-corrected chi connectivity index (χ1v) is 19.4. The van der Waals surface area contributed by atoms with E-state index in [0.29, 0.717) is 0 Å². The first-order chi connectivity index (χ1) is 26.7. The Morgan fingerprint density at radius 3 is 1.96 bits per heavy atom. The van der Waals surface area contributed by atoms with Crippen molar-refractivity contribution in [2.45, 2.75) is 45.4 Å². The SMILES string of the molecule is CC(C)(C)c1ccc2c(c1)C(C)(C)c1cccc(-c3ccccc3N(c3ccc(-c4cccc5oc6ccccc6c45)cc3)c3cccc4ccccc34)c1-2. The van der Waals surface area contributed by atoms with Crippen LogP contribution in [0.25, 0.3) is 66.1 Å². The lowest BCUT2D eigenvalue weighted by atomic mass is 9.79. The van der Waals surface area contributed by atoms with E-state index >= 15 is 0 Å². The zero-order chi connectivity index (χ0) is 37.5. The number of hydrogen-bond acceptors (Lipinski definition) is 2. The van der Waals surface area contributed by atoms with Gasteiger partial charge in [-0.2, -0.15) is 0 Å². The van der Waals surface area contributed by atoms with Gasteiger partial charge >= 0.3 is 0 Å². The van der Waals surface area contributed by atoms with Crippen LogP contribution in [-0.2, 0) is 10.8 Å². The summed E-state index contributed by atoms with van der Waals surface area (Å²) >= 11 is 0. The second kappa shape index (κ2) is 12.3. The van der Waals surface area contributed by atoms with E-state index in [4.69, 9.17) is 4.42 Å². The van der Waals surface area contributed by atoms with E-state index in [1.165, 1.54) is 55.3 Å². The third-order valence-corrected chi connectivity index (χ3v) is 11.8. The van der Waals surface area contributed by atoms with Gasteiger partial charge in [0.1, 0.15) is 11.2 Å². The largest absolute Gasteiger partial charge is 0.456 e. The topological polar surface area (TPSA) is 16.4 Å². The highest BCUT2D eigenvalue weighted by atomic mass is 16.3.